The summed E-state index contributed by atoms with van der Waals surface area (Å²) in [5, 5.41) is 3.49. The average molecular weight is 378 g/mol. The third kappa shape index (κ3) is 3.60. The van der Waals surface area contributed by atoms with E-state index >= 15 is 0 Å². The van der Waals surface area contributed by atoms with Gasteiger partial charge >= 0.3 is 0 Å². The highest BCUT2D eigenvalue weighted by Gasteiger charge is 2.30. The Morgan fingerprint density at radius 3 is 2.64 bits per heavy atom. The first-order chi connectivity index (χ1) is 13.7. The van der Waals surface area contributed by atoms with Crippen molar-refractivity contribution < 1.29 is 4.74 Å². The van der Waals surface area contributed by atoms with Crippen molar-refractivity contribution in [2.45, 2.75) is 26.1 Å². The van der Waals surface area contributed by atoms with Crippen molar-refractivity contribution in [3.05, 3.63) is 54.1 Å². The molecular formula is C21H26N6O. The van der Waals surface area contributed by atoms with E-state index in [-0.39, 0.29) is 0 Å². The van der Waals surface area contributed by atoms with Crippen molar-refractivity contribution in [1.82, 2.24) is 4.90 Å². The lowest BCUT2D eigenvalue weighted by atomic mass is 10.2. The van der Waals surface area contributed by atoms with Crippen molar-refractivity contribution in [2.24, 2.45) is 15.7 Å². The van der Waals surface area contributed by atoms with E-state index in [0.717, 1.165) is 48.6 Å². The summed E-state index contributed by atoms with van der Waals surface area (Å²) < 4.78 is 5.35. The molecule has 3 N–H and O–H groups in total. The van der Waals surface area contributed by atoms with Crippen molar-refractivity contribution in [3.63, 3.8) is 0 Å². The van der Waals surface area contributed by atoms with E-state index in [1.807, 2.05) is 47.4 Å². The van der Waals surface area contributed by atoms with E-state index in [2.05, 4.69) is 28.2 Å². The number of guanidine groups is 2. The molecule has 4 rings (SSSR count). The zero-order chi connectivity index (χ0) is 19.5. The van der Waals surface area contributed by atoms with Gasteiger partial charge in [-0.05, 0) is 43.5 Å². The molecule has 7 nitrogen and oxygen atoms in total. The SMILES string of the molecule is COc1cccc(NC2N=C(N3CCCC3)N=C(N)N2c2ccccc2C)c1. The standard InChI is InChI=1S/C21H26N6O/c1-15-8-3-4-11-18(15)27-19(22)24-20(26-12-5-6-13-26)25-21(27)23-16-9-7-10-17(14-16)28-2/h3-4,7-11,14,21,23H,5-6,12-13H2,1-2H3,(H2,22,24,25). The zero-order valence-corrected chi connectivity index (χ0v) is 16.3. The van der Waals surface area contributed by atoms with E-state index in [4.69, 9.17) is 15.5 Å². The molecule has 0 amide bonds. The minimum atomic E-state index is -0.402. The molecule has 146 valence electrons. The number of hydrogen-bond acceptors (Lipinski definition) is 7. The number of nitrogens with zero attached hydrogens (tertiary/aromatic N) is 4. The Labute approximate surface area is 165 Å². The molecule has 0 radical (unpaired) electrons. The molecule has 1 unspecified atom stereocenters. The van der Waals surface area contributed by atoms with Crippen LogP contribution >= 0.6 is 0 Å². The molecule has 2 aromatic carbocycles. The number of rotatable bonds is 4. The number of likely N-dealkylation sites (tertiary alicyclic amines) is 1. The van der Waals surface area contributed by atoms with Gasteiger partial charge in [0.15, 0.2) is 0 Å². The molecule has 7 heteroatoms. The van der Waals surface area contributed by atoms with Crippen LogP contribution in [0.2, 0.25) is 0 Å². The van der Waals surface area contributed by atoms with Gasteiger partial charge in [0.1, 0.15) is 5.75 Å². The number of nitrogens with one attached hydrogen (secondary N) is 1. The second kappa shape index (κ2) is 7.80. The van der Waals surface area contributed by atoms with E-state index in [1.54, 1.807) is 7.11 Å². The Hall–Kier alpha value is -3.22. The van der Waals surface area contributed by atoms with Crippen LogP contribution in [0.15, 0.2) is 58.5 Å². The number of benzene rings is 2. The molecule has 0 aliphatic carbocycles. The maximum Gasteiger partial charge on any atom is 0.227 e. The zero-order valence-electron chi connectivity index (χ0n) is 16.3. The Morgan fingerprint density at radius 1 is 1.11 bits per heavy atom. The quantitative estimate of drug-likeness (QED) is 0.855. The van der Waals surface area contributed by atoms with Crippen LogP contribution in [-0.2, 0) is 0 Å². The number of para-hydroxylation sites is 1. The molecule has 0 aromatic heterocycles. The maximum atomic E-state index is 6.44. The van der Waals surface area contributed by atoms with Gasteiger partial charge in [-0.2, -0.15) is 4.99 Å². The maximum absolute atomic E-state index is 6.44. The van der Waals surface area contributed by atoms with Crippen LogP contribution in [0.1, 0.15) is 18.4 Å². The Kier molecular flexibility index (Phi) is 5.06. The fourth-order valence-electron chi connectivity index (χ4n) is 3.59. The molecule has 1 saturated heterocycles. The van der Waals surface area contributed by atoms with E-state index < -0.39 is 6.29 Å². The molecule has 0 spiro atoms. The van der Waals surface area contributed by atoms with E-state index in [9.17, 15) is 0 Å². The number of nitrogens with two attached hydrogens (primary N) is 1. The highest BCUT2D eigenvalue weighted by Crippen LogP contribution is 2.27. The lowest BCUT2D eigenvalue weighted by molar-refractivity contribution is 0.415. The van der Waals surface area contributed by atoms with Gasteiger partial charge in [-0.1, -0.05) is 24.3 Å². The number of aryl methyl sites for hydroxylation is 1. The summed E-state index contributed by atoms with van der Waals surface area (Å²) in [7, 11) is 1.66. The summed E-state index contributed by atoms with van der Waals surface area (Å²) in [6, 6.07) is 15.9. The van der Waals surface area contributed by atoms with Gasteiger partial charge in [0.2, 0.25) is 18.2 Å². The lowest BCUT2D eigenvalue weighted by Crippen LogP contribution is -2.52. The number of ether oxygens (including phenoxy) is 1. The predicted octanol–water partition coefficient (Wildman–Crippen LogP) is 2.99. The predicted molar refractivity (Wildman–Crippen MR) is 114 cm³/mol. The fraction of sp³-hybridized carbons (Fsp3) is 0.333. The molecule has 0 saturated carbocycles. The minimum absolute atomic E-state index is 0.402. The van der Waals surface area contributed by atoms with Crippen LogP contribution in [0.3, 0.4) is 0 Å². The van der Waals surface area contributed by atoms with Crippen LogP contribution in [0.5, 0.6) is 5.75 Å². The summed E-state index contributed by atoms with van der Waals surface area (Å²) in [6.07, 6.45) is 1.91. The normalized spacial score (nSPS) is 19.3. The van der Waals surface area contributed by atoms with Crippen molar-refractivity contribution in [2.75, 3.05) is 30.4 Å². The topological polar surface area (TPSA) is 78.5 Å². The summed E-state index contributed by atoms with van der Waals surface area (Å²) in [5.41, 5.74) is 9.44. The monoisotopic (exact) mass is 378 g/mol. The molecule has 2 aliphatic rings. The third-order valence-corrected chi connectivity index (χ3v) is 5.07. The first-order valence-corrected chi connectivity index (χ1v) is 9.58. The van der Waals surface area contributed by atoms with Gasteiger partial charge < -0.3 is 20.7 Å². The summed E-state index contributed by atoms with van der Waals surface area (Å²) >= 11 is 0. The van der Waals surface area contributed by atoms with Crippen LogP contribution in [0.25, 0.3) is 0 Å². The number of hydrogen-bond donors (Lipinski definition) is 2. The van der Waals surface area contributed by atoms with Gasteiger partial charge in [-0.25, -0.2) is 4.99 Å². The van der Waals surface area contributed by atoms with Crippen LogP contribution in [-0.4, -0.2) is 43.3 Å². The van der Waals surface area contributed by atoms with Gasteiger partial charge in [0, 0.05) is 24.8 Å². The molecule has 0 bridgehead atoms. The minimum Gasteiger partial charge on any atom is -0.497 e. The average Bonchev–Trinajstić information content (AvgIpc) is 3.24. The van der Waals surface area contributed by atoms with E-state index in [0.29, 0.717) is 11.9 Å². The second-order valence-electron chi connectivity index (χ2n) is 7.00. The first-order valence-electron chi connectivity index (χ1n) is 9.58. The summed E-state index contributed by atoms with van der Waals surface area (Å²) in [5.74, 6) is 1.92. The number of aliphatic imine (C=N–C) groups is 2. The Bertz CT molecular complexity index is 903. The van der Waals surface area contributed by atoms with Crippen LogP contribution in [0.4, 0.5) is 11.4 Å². The van der Waals surface area contributed by atoms with Crippen LogP contribution < -0.4 is 20.7 Å². The van der Waals surface area contributed by atoms with Gasteiger partial charge in [-0.3, -0.25) is 4.90 Å². The summed E-state index contributed by atoms with van der Waals surface area (Å²) in [4.78, 5) is 13.7. The fourth-order valence-corrected chi connectivity index (χ4v) is 3.59. The third-order valence-electron chi connectivity index (χ3n) is 5.07. The first kappa shape index (κ1) is 18.2. The van der Waals surface area contributed by atoms with Gasteiger partial charge in [-0.15, -0.1) is 0 Å². The second-order valence-corrected chi connectivity index (χ2v) is 7.00. The van der Waals surface area contributed by atoms with Gasteiger partial charge in [0.25, 0.3) is 0 Å². The Balaban J connectivity index is 1.71. The molecule has 28 heavy (non-hydrogen) atoms. The molecule has 2 heterocycles. The van der Waals surface area contributed by atoms with Crippen molar-refractivity contribution in [1.29, 1.82) is 0 Å². The molecular weight excluding hydrogens is 352 g/mol. The van der Waals surface area contributed by atoms with Crippen molar-refractivity contribution >= 4 is 23.3 Å². The van der Waals surface area contributed by atoms with Crippen LogP contribution in [0, 0.1) is 6.92 Å². The highest BCUT2D eigenvalue weighted by molar-refractivity contribution is 6.05. The number of methoxy groups -OCH3 is 1. The summed E-state index contributed by atoms with van der Waals surface area (Å²) in [6.45, 7) is 3.99. The molecule has 2 aliphatic heterocycles. The van der Waals surface area contributed by atoms with Crippen molar-refractivity contribution in [3.8, 4) is 5.75 Å². The van der Waals surface area contributed by atoms with Gasteiger partial charge in [0.05, 0.1) is 12.8 Å². The van der Waals surface area contributed by atoms with E-state index in [1.165, 1.54) is 0 Å². The lowest BCUT2D eigenvalue weighted by Gasteiger charge is -2.36. The Morgan fingerprint density at radius 2 is 1.89 bits per heavy atom. The smallest absolute Gasteiger partial charge is 0.227 e. The number of anilines is 2. The molecule has 1 fully saturated rings. The highest BCUT2D eigenvalue weighted by atomic mass is 16.5. The molecule has 2 aromatic rings. The largest absolute Gasteiger partial charge is 0.497 e. The molecule has 1 atom stereocenters.